The first kappa shape index (κ1) is 29.1. The Labute approximate surface area is 232 Å². The number of alkyl halides is 5. The molecule has 0 bridgehead atoms. The Kier molecular flexibility index (Phi) is 7.94. The highest BCUT2D eigenvalue weighted by atomic mass is 35.5. The maximum atomic E-state index is 13.7. The Morgan fingerprint density at radius 1 is 1.10 bits per heavy atom. The number of benzene rings is 1. The van der Waals surface area contributed by atoms with Crippen molar-refractivity contribution in [3.8, 4) is 5.82 Å². The van der Waals surface area contributed by atoms with E-state index < -0.39 is 36.0 Å². The molecule has 16 heteroatoms. The zero-order valence-electron chi connectivity index (χ0n) is 20.6. The minimum Gasteiger partial charge on any atom is -0.355 e. The largest absolute Gasteiger partial charge is 0.459 e. The molecule has 0 radical (unpaired) electrons. The maximum absolute atomic E-state index is 13.7. The monoisotopic (exact) mass is 601 g/mol. The molecule has 3 heterocycles. The predicted molar refractivity (Wildman–Crippen MR) is 133 cm³/mol. The summed E-state index contributed by atoms with van der Waals surface area (Å²) < 4.78 is 67.4. The highest BCUT2D eigenvalue weighted by Gasteiger charge is 2.60. The second-order valence-electron chi connectivity index (χ2n) is 8.54. The summed E-state index contributed by atoms with van der Waals surface area (Å²) in [7, 11) is 1.43. The first-order valence-corrected chi connectivity index (χ1v) is 12.1. The number of hydrogen-bond donors (Lipinski definition) is 1. The molecule has 0 aliphatic heterocycles. The zero-order chi connectivity index (χ0) is 29.4. The van der Waals surface area contributed by atoms with E-state index in [-0.39, 0.29) is 34.2 Å². The Bertz CT molecular complexity index is 1600. The van der Waals surface area contributed by atoms with Crippen molar-refractivity contribution in [2.75, 3.05) is 7.05 Å². The van der Waals surface area contributed by atoms with Crippen molar-refractivity contribution in [2.24, 2.45) is 0 Å². The number of nitrogens with one attached hydrogen (secondary N) is 1. The summed E-state index contributed by atoms with van der Waals surface area (Å²) in [6.45, 7) is 1.26. The van der Waals surface area contributed by atoms with E-state index in [9.17, 15) is 31.5 Å². The first-order valence-electron chi connectivity index (χ1n) is 11.3. The van der Waals surface area contributed by atoms with Crippen LogP contribution in [0.5, 0.6) is 0 Å². The summed E-state index contributed by atoms with van der Waals surface area (Å²) in [4.78, 5) is 30.2. The maximum Gasteiger partial charge on any atom is 0.459 e. The van der Waals surface area contributed by atoms with Gasteiger partial charge in [-0.05, 0) is 48.4 Å². The van der Waals surface area contributed by atoms with Crippen LogP contribution in [0.2, 0.25) is 10.0 Å². The van der Waals surface area contributed by atoms with Crippen molar-refractivity contribution in [2.45, 2.75) is 32.0 Å². The number of carbonyl (C=O) groups is 2. The number of hydrogen-bond acceptors (Lipinski definition) is 6. The molecule has 0 saturated heterocycles. The summed E-state index contributed by atoms with van der Waals surface area (Å²) in [5.74, 6) is -6.15. The van der Waals surface area contributed by atoms with Crippen LogP contribution in [-0.4, -0.2) is 54.7 Å². The van der Waals surface area contributed by atoms with Crippen LogP contribution in [-0.2, 0) is 18.9 Å². The lowest BCUT2D eigenvalue weighted by atomic mass is 9.95. The average molecular weight is 602 g/mol. The third-order valence-corrected chi connectivity index (χ3v) is 6.29. The van der Waals surface area contributed by atoms with Gasteiger partial charge in [-0.15, -0.1) is 5.10 Å². The van der Waals surface area contributed by atoms with E-state index in [2.05, 4.69) is 25.7 Å². The molecule has 1 aromatic carbocycles. The number of ketones is 1. The van der Waals surface area contributed by atoms with Gasteiger partial charge < -0.3 is 5.32 Å². The number of pyridine rings is 1. The molecule has 0 spiro atoms. The van der Waals surface area contributed by atoms with Crippen LogP contribution in [0, 0.1) is 6.92 Å². The highest BCUT2D eigenvalue weighted by molar-refractivity contribution is 6.32. The quantitative estimate of drug-likeness (QED) is 0.226. The van der Waals surface area contributed by atoms with Gasteiger partial charge in [-0.3, -0.25) is 9.59 Å². The molecule has 1 amide bonds. The lowest BCUT2D eigenvalue weighted by Gasteiger charge is -2.16. The minimum atomic E-state index is -5.86. The summed E-state index contributed by atoms with van der Waals surface area (Å²) in [5.41, 5.74) is -0.440. The molecule has 40 heavy (non-hydrogen) atoms. The van der Waals surface area contributed by atoms with Gasteiger partial charge in [-0.2, -0.15) is 27.1 Å². The summed E-state index contributed by atoms with van der Waals surface area (Å²) >= 11 is 12.4. The summed E-state index contributed by atoms with van der Waals surface area (Å²) in [6.07, 6.45) is -4.30. The van der Waals surface area contributed by atoms with E-state index >= 15 is 0 Å². The fraction of sp³-hybridized carbons (Fsp3) is 0.250. The van der Waals surface area contributed by atoms with Gasteiger partial charge in [0.25, 0.3) is 5.91 Å². The molecule has 4 rings (SSSR count). The van der Waals surface area contributed by atoms with Gasteiger partial charge in [0.15, 0.2) is 17.3 Å². The molecule has 3 aromatic heterocycles. The molecule has 0 aliphatic rings. The lowest BCUT2D eigenvalue weighted by molar-refractivity contribution is -0.291. The third-order valence-electron chi connectivity index (χ3n) is 5.77. The fourth-order valence-corrected chi connectivity index (χ4v) is 4.30. The predicted octanol–water partition coefficient (Wildman–Crippen LogP) is 4.96. The smallest absolute Gasteiger partial charge is 0.355 e. The second-order valence-corrected chi connectivity index (χ2v) is 9.39. The average Bonchev–Trinajstić information content (AvgIpc) is 3.52. The van der Waals surface area contributed by atoms with Crippen LogP contribution >= 0.6 is 23.2 Å². The van der Waals surface area contributed by atoms with Gasteiger partial charge in [0.05, 0.1) is 23.5 Å². The number of amides is 1. The van der Waals surface area contributed by atoms with Gasteiger partial charge in [0.2, 0.25) is 0 Å². The Morgan fingerprint density at radius 2 is 1.82 bits per heavy atom. The molecule has 0 unspecified atom stereocenters. The molecule has 0 atom stereocenters. The highest BCUT2D eigenvalue weighted by Crippen LogP contribution is 2.42. The van der Waals surface area contributed by atoms with Crippen molar-refractivity contribution >= 4 is 34.9 Å². The van der Waals surface area contributed by atoms with E-state index in [1.807, 2.05) is 0 Å². The Balaban J connectivity index is 1.74. The molecule has 0 aliphatic carbocycles. The molecule has 210 valence electrons. The standard InChI is InChI=1S/C24H18Cl2F5N7O2/c1-12-6-13(25)7-16(22(40)32-2)15(12)9-19(39)18-8-14(35-38(18)21-17(26)4-3-5-33-21)10-37-11-20(34-36-37)23(27,28)24(29,30)31/h3-8,11H,9-10H2,1-2H3,(H,32,40). The Morgan fingerprint density at radius 3 is 2.48 bits per heavy atom. The normalized spacial score (nSPS) is 12.0. The van der Waals surface area contributed by atoms with Gasteiger partial charge in [0, 0.05) is 30.3 Å². The molecule has 9 nitrogen and oxygen atoms in total. The first-order chi connectivity index (χ1) is 18.7. The second kappa shape index (κ2) is 10.9. The molecule has 4 aromatic rings. The van der Waals surface area contributed by atoms with Gasteiger partial charge in [-0.1, -0.05) is 28.4 Å². The van der Waals surface area contributed by atoms with Gasteiger partial charge >= 0.3 is 12.1 Å². The third kappa shape index (κ3) is 5.68. The fourth-order valence-electron chi connectivity index (χ4n) is 3.83. The van der Waals surface area contributed by atoms with Crippen LogP contribution < -0.4 is 5.32 Å². The zero-order valence-corrected chi connectivity index (χ0v) is 22.1. The SMILES string of the molecule is CNC(=O)c1cc(Cl)cc(C)c1CC(=O)c1cc(Cn2cc(C(F)(F)C(F)(F)F)nn2)nn1-c1ncccc1Cl. The molecular weight excluding hydrogens is 584 g/mol. The van der Waals surface area contributed by atoms with E-state index in [1.165, 1.54) is 31.4 Å². The van der Waals surface area contributed by atoms with Crippen LogP contribution in [0.3, 0.4) is 0 Å². The van der Waals surface area contributed by atoms with Crippen molar-refractivity contribution in [1.82, 2.24) is 35.1 Å². The summed E-state index contributed by atoms with van der Waals surface area (Å²) in [6, 6.07) is 7.35. The number of nitrogens with zero attached hydrogens (tertiary/aromatic N) is 6. The van der Waals surface area contributed by atoms with E-state index in [0.29, 0.717) is 22.3 Å². The van der Waals surface area contributed by atoms with Crippen LogP contribution in [0.4, 0.5) is 22.0 Å². The minimum absolute atomic E-state index is 0.0474. The summed E-state index contributed by atoms with van der Waals surface area (Å²) in [5, 5.41) is 13.5. The number of halogens is 7. The van der Waals surface area contributed by atoms with Crippen LogP contribution in [0.25, 0.3) is 5.82 Å². The number of aromatic nitrogens is 6. The van der Waals surface area contributed by atoms with E-state index in [1.54, 1.807) is 19.1 Å². The number of Topliss-reactive ketones (excluding diaryl/α,β-unsaturated/α-hetero) is 1. The van der Waals surface area contributed by atoms with E-state index in [4.69, 9.17) is 23.2 Å². The topological polar surface area (TPSA) is 108 Å². The molecule has 0 fully saturated rings. The van der Waals surface area contributed by atoms with Crippen molar-refractivity contribution < 1.29 is 31.5 Å². The number of rotatable bonds is 8. The Hall–Kier alpha value is -3.91. The van der Waals surface area contributed by atoms with Crippen LogP contribution in [0.15, 0.2) is 42.7 Å². The van der Waals surface area contributed by atoms with Crippen molar-refractivity contribution in [3.63, 3.8) is 0 Å². The lowest BCUT2D eigenvalue weighted by Crippen LogP contribution is -2.34. The van der Waals surface area contributed by atoms with Gasteiger partial charge in [0.1, 0.15) is 5.69 Å². The van der Waals surface area contributed by atoms with Gasteiger partial charge in [-0.25, -0.2) is 14.3 Å². The van der Waals surface area contributed by atoms with Crippen molar-refractivity contribution in [1.29, 1.82) is 0 Å². The number of aryl methyl sites for hydroxylation is 1. The van der Waals surface area contributed by atoms with E-state index in [0.717, 1.165) is 9.36 Å². The molecular formula is C24H18Cl2F5N7O2. The molecule has 1 N–H and O–H groups in total. The number of carbonyl (C=O) groups excluding carboxylic acids is 2. The van der Waals surface area contributed by atoms with Crippen LogP contribution in [0.1, 0.15) is 43.4 Å². The van der Waals surface area contributed by atoms with Crippen molar-refractivity contribution in [3.05, 3.63) is 86.5 Å². The molecule has 0 saturated carbocycles.